The monoisotopic (exact) mass is 244 g/mol. The molecule has 0 aromatic heterocycles. The zero-order valence-corrected chi connectivity index (χ0v) is 9.08. The molecule has 1 aromatic carbocycles. The molecule has 0 saturated carbocycles. The number of amides is 1. The first kappa shape index (κ1) is 11.9. The third-order valence-electron chi connectivity index (χ3n) is 2.53. The van der Waals surface area contributed by atoms with Crippen molar-refractivity contribution in [1.82, 2.24) is 5.43 Å². The molecular formula is C11H11F3N2O. The van der Waals surface area contributed by atoms with Crippen LogP contribution in [0.4, 0.5) is 18.9 Å². The molecule has 0 aliphatic carbocycles. The van der Waals surface area contributed by atoms with Crippen molar-refractivity contribution < 1.29 is 18.0 Å². The summed E-state index contributed by atoms with van der Waals surface area (Å²) in [5.41, 5.74) is 2.58. The smallest absolute Gasteiger partial charge is 0.273 e. The van der Waals surface area contributed by atoms with E-state index in [1.54, 1.807) is 0 Å². The molecule has 2 rings (SSSR count). The lowest BCUT2D eigenvalue weighted by Gasteiger charge is -2.17. The van der Waals surface area contributed by atoms with Crippen LogP contribution in [0.15, 0.2) is 24.3 Å². The fourth-order valence-electron chi connectivity index (χ4n) is 1.71. The summed E-state index contributed by atoms with van der Waals surface area (Å²) in [6, 6.07) is 4.50. The molecule has 0 radical (unpaired) electrons. The van der Waals surface area contributed by atoms with E-state index in [-0.39, 0.29) is 11.9 Å². The average molecular weight is 244 g/mol. The number of halogens is 3. The number of carbonyl (C=O) groups excluding carboxylic acids is 1. The van der Waals surface area contributed by atoms with Gasteiger partial charge < -0.3 is 0 Å². The first-order valence-corrected chi connectivity index (χ1v) is 5.14. The van der Waals surface area contributed by atoms with E-state index in [1.807, 2.05) is 6.92 Å². The predicted molar refractivity (Wildman–Crippen MR) is 56.1 cm³/mol. The van der Waals surface area contributed by atoms with Gasteiger partial charge in [-0.15, -0.1) is 0 Å². The molecular weight excluding hydrogens is 233 g/mol. The number of nitrogens with zero attached hydrogens (tertiary/aromatic N) is 1. The minimum absolute atomic E-state index is 0.00444. The lowest BCUT2D eigenvalue weighted by molar-refractivity contribution is -0.137. The van der Waals surface area contributed by atoms with E-state index in [2.05, 4.69) is 5.43 Å². The summed E-state index contributed by atoms with van der Waals surface area (Å²) in [5.74, 6) is -0.141. The van der Waals surface area contributed by atoms with Crippen LogP contribution in [0, 0.1) is 0 Å². The quantitative estimate of drug-likeness (QED) is 0.822. The maximum Gasteiger partial charge on any atom is 0.416 e. The van der Waals surface area contributed by atoms with E-state index in [1.165, 1.54) is 17.1 Å². The standard InChI is InChI=1S/C11H11F3N2O/c1-7-6-10(17)16(15-7)9-4-2-8(3-5-9)11(12,13)14/h2-5,7,15H,6H2,1H3. The maximum absolute atomic E-state index is 12.3. The SMILES string of the molecule is CC1CC(=O)N(c2ccc(C(F)(F)F)cc2)N1. The second-order valence-corrected chi connectivity index (χ2v) is 4.01. The highest BCUT2D eigenvalue weighted by Crippen LogP contribution is 2.30. The van der Waals surface area contributed by atoms with Gasteiger partial charge in [0.05, 0.1) is 11.3 Å². The molecule has 0 spiro atoms. The molecule has 6 heteroatoms. The Bertz CT molecular complexity index is 427. The normalized spacial score (nSPS) is 21.1. The van der Waals surface area contributed by atoms with Gasteiger partial charge in [0.15, 0.2) is 0 Å². The van der Waals surface area contributed by atoms with E-state index in [0.717, 1.165) is 12.1 Å². The number of nitrogens with one attached hydrogen (secondary N) is 1. The second-order valence-electron chi connectivity index (χ2n) is 4.01. The molecule has 1 N–H and O–H groups in total. The number of alkyl halides is 3. The zero-order valence-electron chi connectivity index (χ0n) is 9.08. The second kappa shape index (κ2) is 4.03. The van der Waals surface area contributed by atoms with E-state index < -0.39 is 11.7 Å². The molecule has 1 aliphatic rings. The summed E-state index contributed by atoms with van der Waals surface area (Å²) in [6.07, 6.45) is -4.00. The van der Waals surface area contributed by atoms with Gasteiger partial charge in [0, 0.05) is 12.5 Å². The fraction of sp³-hybridized carbons (Fsp3) is 0.364. The van der Waals surface area contributed by atoms with Gasteiger partial charge >= 0.3 is 6.18 Å². The van der Waals surface area contributed by atoms with Gasteiger partial charge in [0.25, 0.3) is 0 Å². The van der Waals surface area contributed by atoms with Crippen LogP contribution in [-0.2, 0) is 11.0 Å². The number of carbonyl (C=O) groups is 1. The Morgan fingerprint density at radius 2 is 1.88 bits per heavy atom. The Kier molecular flexibility index (Phi) is 2.82. The highest BCUT2D eigenvalue weighted by molar-refractivity contribution is 5.94. The predicted octanol–water partition coefficient (Wildman–Crippen LogP) is 2.34. The molecule has 92 valence electrons. The Hall–Kier alpha value is -1.56. The van der Waals surface area contributed by atoms with Crippen molar-refractivity contribution in [3.05, 3.63) is 29.8 Å². The molecule has 1 amide bonds. The number of hydrogen-bond acceptors (Lipinski definition) is 2. The zero-order chi connectivity index (χ0) is 12.6. The molecule has 0 bridgehead atoms. The lowest BCUT2D eigenvalue weighted by atomic mass is 10.2. The molecule has 1 unspecified atom stereocenters. The Morgan fingerprint density at radius 1 is 1.29 bits per heavy atom. The van der Waals surface area contributed by atoms with Gasteiger partial charge in [-0.25, -0.2) is 10.4 Å². The van der Waals surface area contributed by atoms with Crippen LogP contribution < -0.4 is 10.4 Å². The van der Waals surface area contributed by atoms with Crippen LogP contribution in [0.2, 0.25) is 0 Å². The molecule has 17 heavy (non-hydrogen) atoms. The largest absolute Gasteiger partial charge is 0.416 e. The Morgan fingerprint density at radius 3 is 2.29 bits per heavy atom. The molecule has 1 aliphatic heterocycles. The van der Waals surface area contributed by atoms with E-state index in [4.69, 9.17) is 0 Å². The van der Waals surface area contributed by atoms with Crippen LogP contribution in [0.1, 0.15) is 18.9 Å². The highest BCUT2D eigenvalue weighted by atomic mass is 19.4. The Balaban J connectivity index is 2.22. The topological polar surface area (TPSA) is 32.3 Å². The van der Waals surface area contributed by atoms with E-state index in [0.29, 0.717) is 12.1 Å². The summed E-state index contributed by atoms with van der Waals surface area (Å²) in [6.45, 7) is 1.84. The maximum atomic E-state index is 12.3. The molecule has 3 nitrogen and oxygen atoms in total. The van der Waals surface area contributed by atoms with Crippen LogP contribution in [-0.4, -0.2) is 11.9 Å². The van der Waals surface area contributed by atoms with Crippen molar-refractivity contribution in [2.45, 2.75) is 25.6 Å². The van der Waals surface area contributed by atoms with Crippen LogP contribution in [0.5, 0.6) is 0 Å². The average Bonchev–Trinajstić information content (AvgIpc) is 2.57. The lowest BCUT2D eigenvalue weighted by Crippen LogP contribution is -2.36. The van der Waals surface area contributed by atoms with E-state index >= 15 is 0 Å². The number of benzene rings is 1. The van der Waals surface area contributed by atoms with Crippen molar-refractivity contribution in [1.29, 1.82) is 0 Å². The number of rotatable bonds is 1. The first-order valence-electron chi connectivity index (χ1n) is 5.14. The molecule has 1 saturated heterocycles. The van der Waals surface area contributed by atoms with Gasteiger partial charge in [-0.3, -0.25) is 4.79 Å². The summed E-state index contributed by atoms with van der Waals surface area (Å²) in [7, 11) is 0. The van der Waals surface area contributed by atoms with Crippen molar-refractivity contribution in [2.24, 2.45) is 0 Å². The molecule has 1 heterocycles. The van der Waals surface area contributed by atoms with Gasteiger partial charge in [0.1, 0.15) is 0 Å². The first-order chi connectivity index (χ1) is 7.88. The van der Waals surface area contributed by atoms with Crippen LogP contribution in [0.25, 0.3) is 0 Å². The minimum atomic E-state index is -4.35. The summed E-state index contributed by atoms with van der Waals surface area (Å²) >= 11 is 0. The van der Waals surface area contributed by atoms with Crippen molar-refractivity contribution in [3.63, 3.8) is 0 Å². The molecule has 1 aromatic rings. The number of hydrogen-bond donors (Lipinski definition) is 1. The summed E-state index contributed by atoms with van der Waals surface area (Å²) < 4.78 is 37.0. The fourth-order valence-corrected chi connectivity index (χ4v) is 1.71. The summed E-state index contributed by atoms with van der Waals surface area (Å²) in [4.78, 5) is 11.5. The van der Waals surface area contributed by atoms with Crippen molar-refractivity contribution in [2.75, 3.05) is 5.01 Å². The molecule has 1 atom stereocenters. The number of anilines is 1. The van der Waals surface area contributed by atoms with Crippen LogP contribution in [0.3, 0.4) is 0 Å². The van der Waals surface area contributed by atoms with Gasteiger partial charge in [0.2, 0.25) is 5.91 Å². The van der Waals surface area contributed by atoms with Gasteiger partial charge in [-0.2, -0.15) is 13.2 Å². The third-order valence-corrected chi connectivity index (χ3v) is 2.53. The summed E-state index contributed by atoms with van der Waals surface area (Å²) in [5, 5.41) is 1.28. The van der Waals surface area contributed by atoms with Gasteiger partial charge in [-0.05, 0) is 31.2 Å². The van der Waals surface area contributed by atoms with Gasteiger partial charge in [-0.1, -0.05) is 0 Å². The number of hydrazine groups is 1. The minimum Gasteiger partial charge on any atom is -0.273 e. The van der Waals surface area contributed by atoms with Crippen LogP contribution >= 0.6 is 0 Å². The highest BCUT2D eigenvalue weighted by Gasteiger charge is 2.31. The Labute approximate surface area is 96.2 Å². The van der Waals surface area contributed by atoms with Crippen molar-refractivity contribution in [3.8, 4) is 0 Å². The van der Waals surface area contributed by atoms with E-state index in [9.17, 15) is 18.0 Å². The van der Waals surface area contributed by atoms with Crippen molar-refractivity contribution >= 4 is 11.6 Å². The third kappa shape index (κ3) is 2.41. The molecule has 1 fully saturated rings.